The Kier molecular flexibility index (Phi) is 6.38. The minimum Gasteiger partial charge on any atom is -0.481 e. The summed E-state index contributed by atoms with van der Waals surface area (Å²) in [6.07, 6.45) is -5.04. The maximum atomic E-state index is 13.4. The third-order valence-electron chi connectivity index (χ3n) is 5.75. The highest BCUT2D eigenvalue weighted by molar-refractivity contribution is 7.91. The number of hydrogen-bond donors (Lipinski definition) is 1. The molecular formula is C26H18ClF3O4S. The van der Waals surface area contributed by atoms with Crippen LogP contribution in [0.15, 0.2) is 82.6 Å². The van der Waals surface area contributed by atoms with Gasteiger partial charge in [-0.2, -0.15) is 13.2 Å². The molecule has 4 nitrogen and oxygen atoms in total. The van der Waals surface area contributed by atoms with Gasteiger partial charge in [0.05, 0.1) is 21.8 Å². The third kappa shape index (κ3) is 4.76. The molecule has 0 aromatic heterocycles. The van der Waals surface area contributed by atoms with Crippen LogP contribution in [0.1, 0.15) is 16.7 Å². The number of halogens is 4. The smallest absolute Gasteiger partial charge is 0.417 e. The van der Waals surface area contributed by atoms with Gasteiger partial charge in [0.15, 0.2) is 0 Å². The Bertz CT molecular complexity index is 1560. The number of carboxylic acid groups (broad SMARTS) is 1. The zero-order valence-corrected chi connectivity index (χ0v) is 19.8. The molecule has 0 radical (unpaired) electrons. The van der Waals surface area contributed by atoms with Crippen LogP contribution in [0, 0.1) is 6.92 Å². The van der Waals surface area contributed by atoms with E-state index in [1.807, 2.05) is 0 Å². The van der Waals surface area contributed by atoms with Gasteiger partial charge in [-0.25, -0.2) is 8.42 Å². The highest BCUT2D eigenvalue weighted by atomic mass is 35.5. The molecule has 0 amide bonds. The lowest BCUT2D eigenvalue weighted by molar-refractivity contribution is -0.140. The van der Waals surface area contributed by atoms with E-state index in [-0.39, 0.29) is 11.3 Å². The molecule has 9 heteroatoms. The van der Waals surface area contributed by atoms with Crippen molar-refractivity contribution in [1.29, 1.82) is 0 Å². The van der Waals surface area contributed by atoms with Crippen LogP contribution in [0.5, 0.6) is 0 Å². The van der Waals surface area contributed by atoms with Crippen molar-refractivity contribution >= 4 is 38.2 Å². The van der Waals surface area contributed by atoms with Gasteiger partial charge >= 0.3 is 12.1 Å². The number of carbonyl (C=O) groups is 1. The standard InChI is InChI=1S/C26H18ClF3O4S/c1-15-18(13-24(31)32)12-17-6-9-19(27)14-21(17)25(15)16-7-10-20(11-8-16)35(33,34)23-5-3-2-4-22(23)26(28,29)30/h2-12,14H,13H2,1H3,(H,31,32). The average molecular weight is 519 g/mol. The van der Waals surface area contributed by atoms with Gasteiger partial charge in [0.25, 0.3) is 0 Å². The quantitative estimate of drug-likeness (QED) is 0.310. The van der Waals surface area contributed by atoms with Crippen LogP contribution in [-0.4, -0.2) is 19.5 Å². The van der Waals surface area contributed by atoms with Gasteiger partial charge in [0, 0.05) is 5.02 Å². The van der Waals surface area contributed by atoms with Crippen LogP contribution in [0.2, 0.25) is 5.02 Å². The number of benzene rings is 4. The molecule has 0 aliphatic carbocycles. The molecule has 0 saturated heterocycles. The first-order valence-electron chi connectivity index (χ1n) is 10.3. The first-order valence-corrected chi connectivity index (χ1v) is 12.2. The maximum Gasteiger partial charge on any atom is 0.417 e. The van der Waals surface area contributed by atoms with E-state index >= 15 is 0 Å². The van der Waals surface area contributed by atoms with E-state index in [4.69, 9.17) is 11.6 Å². The van der Waals surface area contributed by atoms with Crippen LogP contribution in [0.3, 0.4) is 0 Å². The third-order valence-corrected chi connectivity index (χ3v) is 7.81. The van der Waals surface area contributed by atoms with E-state index in [9.17, 15) is 31.5 Å². The molecule has 0 unspecified atom stereocenters. The Morgan fingerprint density at radius 1 is 0.971 bits per heavy atom. The van der Waals surface area contributed by atoms with E-state index in [2.05, 4.69) is 0 Å². The predicted molar refractivity (Wildman–Crippen MR) is 127 cm³/mol. The maximum absolute atomic E-state index is 13.4. The molecule has 0 spiro atoms. The average Bonchev–Trinajstić information content (AvgIpc) is 2.79. The lowest BCUT2D eigenvalue weighted by atomic mass is 9.89. The summed E-state index contributed by atoms with van der Waals surface area (Å²) in [6, 6.07) is 16.5. The topological polar surface area (TPSA) is 71.4 Å². The zero-order chi connectivity index (χ0) is 25.5. The Morgan fingerprint density at radius 3 is 2.26 bits per heavy atom. The number of aliphatic carboxylic acids is 1. The largest absolute Gasteiger partial charge is 0.481 e. The van der Waals surface area contributed by atoms with E-state index in [0.29, 0.717) is 27.3 Å². The normalized spacial score (nSPS) is 12.1. The molecule has 0 bridgehead atoms. The summed E-state index contributed by atoms with van der Waals surface area (Å²) in [4.78, 5) is 10.3. The molecule has 0 atom stereocenters. The monoisotopic (exact) mass is 518 g/mol. The van der Waals surface area contributed by atoms with Crippen molar-refractivity contribution in [2.75, 3.05) is 0 Å². The van der Waals surface area contributed by atoms with E-state index < -0.39 is 32.4 Å². The number of alkyl halides is 3. The predicted octanol–water partition coefficient (Wildman–Crippen LogP) is 6.95. The van der Waals surface area contributed by atoms with Crippen molar-refractivity contribution in [1.82, 2.24) is 0 Å². The van der Waals surface area contributed by atoms with Gasteiger partial charge in [-0.15, -0.1) is 0 Å². The molecule has 0 saturated carbocycles. The Balaban J connectivity index is 1.87. The molecule has 0 fully saturated rings. The number of sulfone groups is 1. The molecule has 0 aliphatic heterocycles. The molecule has 4 aromatic rings. The van der Waals surface area contributed by atoms with Gasteiger partial charge in [-0.05, 0) is 76.3 Å². The van der Waals surface area contributed by atoms with Crippen molar-refractivity contribution < 1.29 is 31.5 Å². The fraction of sp³-hybridized carbons (Fsp3) is 0.115. The van der Waals surface area contributed by atoms with Crippen LogP contribution >= 0.6 is 11.6 Å². The van der Waals surface area contributed by atoms with E-state index in [1.54, 1.807) is 31.2 Å². The summed E-state index contributed by atoms with van der Waals surface area (Å²) < 4.78 is 66.4. The van der Waals surface area contributed by atoms with Crippen LogP contribution in [0.25, 0.3) is 21.9 Å². The molecule has 1 N–H and O–H groups in total. The fourth-order valence-electron chi connectivity index (χ4n) is 4.11. The number of fused-ring (bicyclic) bond motifs is 1. The molecule has 4 aromatic carbocycles. The summed E-state index contributed by atoms with van der Waals surface area (Å²) in [5.74, 6) is -1.00. The van der Waals surface area contributed by atoms with Crippen molar-refractivity contribution in [2.24, 2.45) is 0 Å². The lowest BCUT2D eigenvalue weighted by Crippen LogP contribution is -2.13. The van der Waals surface area contributed by atoms with Crippen molar-refractivity contribution in [3.8, 4) is 11.1 Å². The SMILES string of the molecule is Cc1c(CC(=O)O)cc2ccc(Cl)cc2c1-c1ccc(S(=O)(=O)c2ccccc2C(F)(F)F)cc1. The van der Waals surface area contributed by atoms with E-state index in [0.717, 1.165) is 29.0 Å². The van der Waals surface area contributed by atoms with Crippen molar-refractivity contribution in [3.63, 3.8) is 0 Å². The van der Waals surface area contributed by atoms with Gasteiger partial charge < -0.3 is 5.11 Å². The van der Waals surface area contributed by atoms with Crippen LogP contribution in [0.4, 0.5) is 13.2 Å². The summed E-state index contributed by atoms with van der Waals surface area (Å²) >= 11 is 6.19. The minimum absolute atomic E-state index is 0.210. The van der Waals surface area contributed by atoms with Crippen LogP contribution < -0.4 is 0 Å². The fourth-order valence-corrected chi connectivity index (χ4v) is 5.76. The Morgan fingerprint density at radius 2 is 1.63 bits per heavy atom. The molecule has 4 rings (SSSR count). The second-order valence-corrected chi connectivity index (χ2v) is 10.3. The Labute approximate surface area is 204 Å². The van der Waals surface area contributed by atoms with Crippen molar-refractivity contribution in [2.45, 2.75) is 29.3 Å². The molecule has 180 valence electrons. The number of carboxylic acids is 1. The summed E-state index contributed by atoms with van der Waals surface area (Å²) in [7, 11) is -4.45. The van der Waals surface area contributed by atoms with Crippen molar-refractivity contribution in [3.05, 3.63) is 94.5 Å². The number of rotatable bonds is 5. The van der Waals surface area contributed by atoms with Gasteiger partial charge in [0.2, 0.25) is 9.84 Å². The molecule has 0 aliphatic rings. The number of hydrogen-bond acceptors (Lipinski definition) is 3. The highest BCUT2D eigenvalue weighted by Crippen LogP contribution is 2.39. The highest BCUT2D eigenvalue weighted by Gasteiger charge is 2.37. The van der Waals surface area contributed by atoms with Gasteiger partial charge in [-0.3, -0.25) is 4.79 Å². The molecular weight excluding hydrogens is 501 g/mol. The lowest BCUT2D eigenvalue weighted by Gasteiger charge is -2.16. The molecule has 35 heavy (non-hydrogen) atoms. The summed E-state index contributed by atoms with van der Waals surface area (Å²) in [5, 5.41) is 11.3. The van der Waals surface area contributed by atoms with Crippen LogP contribution in [-0.2, 0) is 27.2 Å². The Hall–Kier alpha value is -3.36. The van der Waals surface area contributed by atoms with Gasteiger partial charge in [0.1, 0.15) is 0 Å². The zero-order valence-electron chi connectivity index (χ0n) is 18.2. The summed E-state index contributed by atoms with van der Waals surface area (Å²) in [6.45, 7) is 1.76. The first-order chi connectivity index (χ1) is 16.4. The minimum atomic E-state index is -4.83. The molecule has 0 heterocycles. The summed E-state index contributed by atoms with van der Waals surface area (Å²) in [5.41, 5.74) is 1.27. The van der Waals surface area contributed by atoms with Gasteiger partial charge in [-0.1, -0.05) is 48.0 Å². The second kappa shape index (κ2) is 9.02. The van der Waals surface area contributed by atoms with E-state index in [1.165, 1.54) is 30.3 Å². The first kappa shape index (κ1) is 24.8. The second-order valence-electron chi connectivity index (χ2n) is 7.99.